The SMILES string of the molecule is CN1CCC(C2CCN(CC(=O)Oc3ccc4c(c3)CCC4)CC2)CC1. The Morgan fingerprint density at radius 3 is 2.38 bits per heavy atom. The Kier molecular flexibility index (Phi) is 5.60. The highest BCUT2D eigenvalue weighted by atomic mass is 16.5. The lowest BCUT2D eigenvalue weighted by atomic mass is 9.79. The molecule has 2 heterocycles. The molecule has 4 rings (SSSR count). The van der Waals surface area contributed by atoms with Crippen LogP contribution in [0.25, 0.3) is 0 Å². The van der Waals surface area contributed by atoms with Crippen molar-refractivity contribution in [2.45, 2.75) is 44.9 Å². The molecule has 0 aromatic heterocycles. The van der Waals surface area contributed by atoms with Crippen LogP contribution >= 0.6 is 0 Å². The third-order valence-corrected chi connectivity index (χ3v) is 6.72. The van der Waals surface area contributed by atoms with Gasteiger partial charge in [0.15, 0.2) is 0 Å². The quantitative estimate of drug-likeness (QED) is 0.613. The number of carbonyl (C=O) groups excluding carboxylic acids is 1. The summed E-state index contributed by atoms with van der Waals surface area (Å²) < 4.78 is 5.61. The van der Waals surface area contributed by atoms with Gasteiger partial charge in [0.25, 0.3) is 0 Å². The van der Waals surface area contributed by atoms with E-state index in [1.165, 1.54) is 56.3 Å². The molecule has 2 fully saturated rings. The first-order chi connectivity index (χ1) is 12.7. The standard InChI is InChI=1S/C22H32N2O2/c1-23-11-7-18(8-12-23)19-9-13-24(14-10-19)16-22(25)26-21-6-5-17-3-2-4-20(17)15-21/h5-6,15,18-19H,2-4,7-14,16H2,1H3. The summed E-state index contributed by atoms with van der Waals surface area (Å²) in [6.45, 7) is 5.00. The fourth-order valence-corrected chi connectivity index (χ4v) is 5.04. The van der Waals surface area contributed by atoms with Gasteiger partial charge in [0.2, 0.25) is 0 Å². The normalized spacial score (nSPS) is 23.1. The predicted molar refractivity (Wildman–Crippen MR) is 103 cm³/mol. The molecular formula is C22H32N2O2. The molecule has 0 saturated carbocycles. The molecule has 0 radical (unpaired) electrons. The van der Waals surface area contributed by atoms with Gasteiger partial charge in [-0.1, -0.05) is 6.07 Å². The van der Waals surface area contributed by atoms with E-state index in [0.717, 1.165) is 43.5 Å². The first-order valence-electron chi connectivity index (χ1n) is 10.4. The summed E-state index contributed by atoms with van der Waals surface area (Å²) in [6, 6.07) is 6.14. The van der Waals surface area contributed by atoms with Crippen molar-refractivity contribution < 1.29 is 9.53 Å². The maximum Gasteiger partial charge on any atom is 0.325 e. The van der Waals surface area contributed by atoms with E-state index in [2.05, 4.69) is 29.0 Å². The number of carbonyl (C=O) groups is 1. The van der Waals surface area contributed by atoms with Gasteiger partial charge in [-0.25, -0.2) is 0 Å². The van der Waals surface area contributed by atoms with E-state index in [1.54, 1.807) is 0 Å². The topological polar surface area (TPSA) is 32.8 Å². The van der Waals surface area contributed by atoms with Crippen molar-refractivity contribution >= 4 is 5.97 Å². The number of benzene rings is 1. The number of nitrogens with zero attached hydrogens (tertiary/aromatic N) is 2. The van der Waals surface area contributed by atoms with Crippen molar-refractivity contribution in [1.29, 1.82) is 0 Å². The summed E-state index contributed by atoms with van der Waals surface area (Å²) in [7, 11) is 2.23. The Hall–Kier alpha value is -1.39. The number of fused-ring (bicyclic) bond motifs is 1. The van der Waals surface area contributed by atoms with Crippen LogP contribution in [0.1, 0.15) is 43.2 Å². The molecule has 1 aromatic carbocycles. The summed E-state index contributed by atoms with van der Waals surface area (Å²) >= 11 is 0. The Morgan fingerprint density at radius 1 is 1.00 bits per heavy atom. The molecule has 142 valence electrons. The maximum atomic E-state index is 12.3. The number of ether oxygens (including phenoxy) is 1. The maximum absolute atomic E-state index is 12.3. The zero-order valence-corrected chi connectivity index (χ0v) is 16.1. The van der Waals surface area contributed by atoms with E-state index < -0.39 is 0 Å². The first kappa shape index (κ1) is 18.0. The van der Waals surface area contributed by atoms with Crippen LogP contribution in [0.4, 0.5) is 0 Å². The van der Waals surface area contributed by atoms with Crippen LogP contribution in [0.2, 0.25) is 0 Å². The zero-order valence-electron chi connectivity index (χ0n) is 16.1. The highest BCUT2D eigenvalue weighted by Crippen LogP contribution is 2.32. The fourth-order valence-electron chi connectivity index (χ4n) is 5.04. The first-order valence-corrected chi connectivity index (χ1v) is 10.4. The highest BCUT2D eigenvalue weighted by molar-refractivity contribution is 5.74. The molecule has 0 amide bonds. The average molecular weight is 357 g/mol. The fraction of sp³-hybridized carbons (Fsp3) is 0.682. The zero-order chi connectivity index (χ0) is 17.9. The molecule has 2 aliphatic heterocycles. The summed E-state index contributed by atoms with van der Waals surface area (Å²) in [5, 5.41) is 0. The Labute approximate surface area is 157 Å². The number of hydrogen-bond acceptors (Lipinski definition) is 4. The Bertz CT molecular complexity index is 629. The van der Waals surface area contributed by atoms with Crippen LogP contribution in [-0.2, 0) is 17.6 Å². The number of rotatable bonds is 4. The van der Waals surface area contributed by atoms with Crippen LogP contribution < -0.4 is 4.74 Å². The molecule has 2 saturated heterocycles. The molecular weight excluding hydrogens is 324 g/mol. The Balaban J connectivity index is 1.22. The van der Waals surface area contributed by atoms with Gasteiger partial charge in [-0.3, -0.25) is 9.69 Å². The molecule has 4 heteroatoms. The van der Waals surface area contributed by atoms with E-state index in [0.29, 0.717) is 6.54 Å². The van der Waals surface area contributed by atoms with E-state index >= 15 is 0 Å². The average Bonchev–Trinajstić information content (AvgIpc) is 3.11. The minimum atomic E-state index is -0.110. The van der Waals surface area contributed by atoms with E-state index in [4.69, 9.17) is 4.74 Å². The van der Waals surface area contributed by atoms with Gasteiger partial charge >= 0.3 is 5.97 Å². The number of hydrogen-bond donors (Lipinski definition) is 0. The third kappa shape index (κ3) is 4.29. The minimum Gasteiger partial charge on any atom is -0.426 e. The molecule has 0 atom stereocenters. The van der Waals surface area contributed by atoms with Gasteiger partial charge in [-0.2, -0.15) is 0 Å². The lowest BCUT2D eigenvalue weighted by Gasteiger charge is -2.39. The number of likely N-dealkylation sites (tertiary alicyclic amines) is 2. The molecule has 1 aliphatic carbocycles. The van der Waals surface area contributed by atoms with Gasteiger partial charge < -0.3 is 9.64 Å². The third-order valence-electron chi connectivity index (χ3n) is 6.72. The van der Waals surface area contributed by atoms with E-state index in [1.807, 2.05) is 6.07 Å². The van der Waals surface area contributed by atoms with Crippen LogP contribution in [0.5, 0.6) is 5.75 Å². The van der Waals surface area contributed by atoms with Gasteiger partial charge in [-0.05, 0) is 113 Å². The second-order valence-corrected chi connectivity index (χ2v) is 8.51. The van der Waals surface area contributed by atoms with Crippen molar-refractivity contribution in [3.63, 3.8) is 0 Å². The van der Waals surface area contributed by atoms with Crippen LogP contribution in [0, 0.1) is 11.8 Å². The van der Waals surface area contributed by atoms with Gasteiger partial charge in [0.05, 0.1) is 6.54 Å². The second kappa shape index (κ2) is 8.10. The molecule has 4 nitrogen and oxygen atoms in total. The van der Waals surface area contributed by atoms with Crippen LogP contribution in [0.15, 0.2) is 18.2 Å². The Morgan fingerprint density at radius 2 is 1.65 bits per heavy atom. The molecule has 0 unspecified atom stereocenters. The second-order valence-electron chi connectivity index (χ2n) is 8.51. The van der Waals surface area contributed by atoms with Crippen LogP contribution in [0.3, 0.4) is 0 Å². The summed E-state index contributed by atoms with van der Waals surface area (Å²) in [5.74, 6) is 2.36. The lowest BCUT2D eigenvalue weighted by Crippen LogP contribution is -2.42. The number of esters is 1. The highest BCUT2D eigenvalue weighted by Gasteiger charge is 2.29. The van der Waals surface area contributed by atoms with E-state index in [9.17, 15) is 4.79 Å². The molecule has 1 aromatic rings. The van der Waals surface area contributed by atoms with E-state index in [-0.39, 0.29) is 5.97 Å². The predicted octanol–water partition coefficient (Wildman–Crippen LogP) is 3.13. The largest absolute Gasteiger partial charge is 0.426 e. The monoisotopic (exact) mass is 356 g/mol. The summed E-state index contributed by atoms with van der Waals surface area (Å²) in [6.07, 6.45) is 8.67. The van der Waals surface area contributed by atoms with Crippen molar-refractivity contribution in [2.24, 2.45) is 11.8 Å². The smallest absolute Gasteiger partial charge is 0.325 e. The van der Waals surface area contributed by atoms with Crippen LogP contribution in [-0.4, -0.2) is 55.5 Å². The van der Waals surface area contributed by atoms with Gasteiger partial charge in [0.1, 0.15) is 5.75 Å². The molecule has 0 spiro atoms. The van der Waals surface area contributed by atoms with Gasteiger partial charge in [-0.15, -0.1) is 0 Å². The lowest BCUT2D eigenvalue weighted by molar-refractivity contribution is -0.136. The van der Waals surface area contributed by atoms with Gasteiger partial charge in [0, 0.05) is 0 Å². The minimum absolute atomic E-state index is 0.110. The number of piperidine rings is 2. The molecule has 26 heavy (non-hydrogen) atoms. The summed E-state index contributed by atoms with van der Waals surface area (Å²) in [4.78, 5) is 17.1. The number of aryl methyl sites for hydroxylation is 2. The van der Waals surface area contributed by atoms with Crippen molar-refractivity contribution in [3.8, 4) is 5.75 Å². The molecule has 3 aliphatic rings. The summed E-state index contributed by atoms with van der Waals surface area (Å²) in [5.41, 5.74) is 2.77. The molecule has 0 bridgehead atoms. The van der Waals surface area contributed by atoms with Crippen molar-refractivity contribution in [2.75, 3.05) is 39.8 Å². The van der Waals surface area contributed by atoms with Crippen molar-refractivity contribution in [3.05, 3.63) is 29.3 Å². The van der Waals surface area contributed by atoms with Crippen molar-refractivity contribution in [1.82, 2.24) is 9.80 Å². The molecule has 0 N–H and O–H groups in total.